The Morgan fingerprint density at radius 1 is 1.60 bits per heavy atom. The minimum absolute atomic E-state index is 0.00694. The average molecular weight is 144 g/mol. The van der Waals surface area contributed by atoms with Gasteiger partial charge in [0.15, 0.2) is 0 Å². The maximum absolute atomic E-state index is 11.0. The average Bonchev–Trinajstić information content (AvgIpc) is 1.83. The molecule has 0 saturated carbocycles. The Bertz CT molecular complexity index is 126. The van der Waals surface area contributed by atoms with Gasteiger partial charge in [0.05, 0.1) is 5.92 Å². The van der Waals surface area contributed by atoms with Crippen molar-refractivity contribution in [3.05, 3.63) is 0 Å². The fourth-order valence-corrected chi connectivity index (χ4v) is 0.554. The van der Waals surface area contributed by atoms with Crippen molar-refractivity contribution < 1.29 is 4.79 Å². The van der Waals surface area contributed by atoms with Gasteiger partial charge in [0, 0.05) is 12.6 Å². The Morgan fingerprint density at radius 3 is 2.10 bits per heavy atom. The molecule has 1 amide bonds. The smallest absolute Gasteiger partial charge is 0.224 e. The van der Waals surface area contributed by atoms with Crippen molar-refractivity contribution in [2.75, 3.05) is 7.05 Å². The summed E-state index contributed by atoms with van der Waals surface area (Å²) in [5.41, 5.74) is 5.26. The molecule has 0 rings (SSSR count). The highest BCUT2D eigenvalue weighted by molar-refractivity contribution is 5.79. The molecule has 0 aromatic heterocycles. The Labute approximate surface area is 62.0 Å². The largest absolute Gasteiger partial charge is 0.359 e. The molecule has 0 heterocycles. The second kappa shape index (κ2) is 3.01. The van der Waals surface area contributed by atoms with Gasteiger partial charge in [-0.05, 0) is 13.8 Å². The van der Waals surface area contributed by atoms with Crippen LogP contribution in [-0.4, -0.2) is 18.5 Å². The van der Waals surface area contributed by atoms with Crippen molar-refractivity contribution >= 4 is 5.91 Å². The second-order valence-corrected chi connectivity index (χ2v) is 3.16. The lowest BCUT2D eigenvalue weighted by Crippen LogP contribution is -2.46. The van der Waals surface area contributed by atoms with Crippen LogP contribution in [0.1, 0.15) is 20.8 Å². The van der Waals surface area contributed by atoms with Gasteiger partial charge in [0.25, 0.3) is 0 Å². The molecular weight excluding hydrogens is 128 g/mol. The first-order valence-corrected chi connectivity index (χ1v) is 3.40. The number of nitrogens with two attached hydrogens (primary N) is 1. The minimum atomic E-state index is -0.430. The van der Waals surface area contributed by atoms with Gasteiger partial charge in [-0.25, -0.2) is 0 Å². The molecule has 3 nitrogen and oxygen atoms in total. The second-order valence-electron chi connectivity index (χ2n) is 3.16. The van der Waals surface area contributed by atoms with E-state index >= 15 is 0 Å². The van der Waals surface area contributed by atoms with E-state index in [1.54, 1.807) is 7.05 Å². The van der Waals surface area contributed by atoms with E-state index < -0.39 is 5.54 Å². The van der Waals surface area contributed by atoms with Crippen LogP contribution in [0.5, 0.6) is 0 Å². The first kappa shape index (κ1) is 9.43. The molecule has 10 heavy (non-hydrogen) atoms. The molecule has 0 aliphatic heterocycles. The van der Waals surface area contributed by atoms with Gasteiger partial charge in [-0.3, -0.25) is 4.79 Å². The summed E-state index contributed by atoms with van der Waals surface area (Å²) in [5, 5.41) is 2.55. The van der Waals surface area contributed by atoms with E-state index in [0.717, 1.165) is 0 Å². The van der Waals surface area contributed by atoms with Crippen LogP contribution in [0, 0.1) is 5.92 Å². The lowest BCUT2D eigenvalue weighted by Gasteiger charge is -2.25. The summed E-state index contributed by atoms with van der Waals surface area (Å²) in [6.45, 7) is 5.50. The van der Waals surface area contributed by atoms with E-state index in [-0.39, 0.29) is 11.8 Å². The van der Waals surface area contributed by atoms with Crippen LogP contribution in [-0.2, 0) is 4.79 Å². The summed E-state index contributed by atoms with van der Waals surface area (Å²) < 4.78 is 0. The molecule has 0 saturated heterocycles. The number of hydrogen-bond acceptors (Lipinski definition) is 2. The van der Waals surface area contributed by atoms with Gasteiger partial charge in [0.2, 0.25) is 5.91 Å². The van der Waals surface area contributed by atoms with E-state index in [0.29, 0.717) is 0 Å². The predicted octanol–water partition coefficient (Wildman–Crippen LogP) is 0.106. The van der Waals surface area contributed by atoms with Crippen LogP contribution in [0.4, 0.5) is 0 Å². The van der Waals surface area contributed by atoms with Gasteiger partial charge in [-0.2, -0.15) is 0 Å². The van der Waals surface area contributed by atoms with Crippen molar-refractivity contribution in [3.63, 3.8) is 0 Å². The topological polar surface area (TPSA) is 55.1 Å². The number of nitrogens with one attached hydrogen (secondary N) is 1. The lowest BCUT2D eigenvalue weighted by molar-refractivity contribution is -0.125. The maximum Gasteiger partial charge on any atom is 0.224 e. The molecule has 3 heteroatoms. The Hall–Kier alpha value is -0.570. The molecule has 0 spiro atoms. The van der Waals surface area contributed by atoms with Crippen LogP contribution < -0.4 is 11.1 Å². The molecule has 0 bridgehead atoms. The van der Waals surface area contributed by atoms with Crippen molar-refractivity contribution in [1.29, 1.82) is 0 Å². The van der Waals surface area contributed by atoms with Crippen LogP contribution in [0.15, 0.2) is 0 Å². The lowest BCUT2D eigenvalue weighted by atomic mass is 9.90. The van der Waals surface area contributed by atoms with Crippen LogP contribution in [0.3, 0.4) is 0 Å². The molecule has 0 unspecified atom stereocenters. The van der Waals surface area contributed by atoms with Crippen LogP contribution in [0.25, 0.3) is 0 Å². The summed E-state index contributed by atoms with van der Waals surface area (Å²) in [5.74, 6) is -0.148. The van der Waals surface area contributed by atoms with Crippen LogP contribution >= 0.6 is 0 Å². The molecule has 1 atom stereocenters. The number of hydrogen-bond donors (Lipinski definition) is 2. The predicted molar refractivity (Wildman–Crippen MR) is 41.5 cm³/mol. The van der Waals surface area contributed by atoms with E-state index in [4.69, 9.17) is 5.73 Å². The van der Waals surface area contributed by atoms with E-state index in [2.05, 4.69) is 5.32 Å². The third-order valence-corrected chi connectivity index (χ3v) is 1.76. The molecule has 0 aliphatic rings. The van der Waals surface area contributed by atoms with Crippen molar-refractivity contribution in [1.82, 2.24) is 5.32 Å². The molecule has 3 N–H and O–H groups in total. The van der Waals surface area contributed by atoms with E-state index in [9.17, 15) is 4.79 Å². The molecule has 0 radical (unpaired) electrons. The SMILES string of the molecule is CNC(=O)[C@@H](C)C(C)(C)N. The third-order valence-electron chi connectivity index (χ3n) is 1.76. The number of carbonyl (C=O) groups excluding carboxylic acids is 1. The van der Waals surface area contributed by atoms with Gasteiger partial charge in [-0.1, -0.05) is 6.92 Å². The van der Waals surface area contributed by atoms with E-state index in [1.807, 2.05) is 20.8 Å². The van der Waals surface area contributed by atoms with Gasteiger partial charge < -0.3 is 11.1 Å². The van der Waals surface area contributed by atoms with Gasteiger partial charge in [-0.15, -0.1) is 0 Å². The highest BCUT2D eigenvalue weighted by Crippen LogP contribution is 2.11. The Kier molecular flexibility index (Phi) is 2.84. The molecule has 0 aliphatic carbocycles. The normalized spacial score (nSPS) is 14.5. The summed E-state index contributed by atoms with van der Waals surface area (Å²) in [7, 11) is 1.62. The van der Waals surface area contributed by atoms with Crippen molar-refractivity contribution in [2.45, 2.75) is 26.3 Å². The maximum atomic E-state index is 11.0. The van der Waals surface area contributed by atoms with Crippen molar-refractivity contribution in [2.24, 2.45) is 11.7 Å². The summed E-state index contributed by atoms with van der Waals surface area (Å²) >= 11 is 0. The first-order valence-electron chi connectivity index (χ1n) is 3.40. The number of rotatable bonds is 2. The molecule has 0 aromatic carbocycles. The first-order chi connectivity index (χ1) is 4.39. The highest BCUT2D eigenvalue weighted by atomic mass is 16.1. The summed E-state index contributed by atoms with van der Waals surface area (Å²) in [4.78, 5) is 11.0. The Balaban J connectivity index is 4.08. The number of carbonyl (C=O) groups is 1. The third kappa shape index (κ3) is 2.35. The zero-order valence-electron chi connectivity index (χ0n) is 7.06. The molecule has 0 fully saturated rings. The zero-order valence-corrected chi connectivity index (χ0v) is 7.06. The monoisotopic (exact) mass is 144 g/mol. The fourth-order valence-electron chi connectivity index (χ4n) is 0.554. The standard InChI is InChI=1S/C7H16N2O/c1-5(6(10)9-4)7(2,3)8/h5H,8H2,1-4H3,(H,9,10)/t5-/m1/s1. The summed E-state index contributed by atoms with van der Waals surface area (Å²) in [6, 6.07) is 0. The quantitative estimate of drug-likeness (QED) is 0.577. The molecule has 60 valence electrons. The van der Waals surface area contributed by atoms with Gasteiger partial charge >= 0.3 is 0 Å². The van der Waals surface area contributed by atoms with Crippen LogP contribution in [0.2, 0.25) is 0 Å². The Morgan fingerprint density at radius 2 is 2.00 bits per heavy atom. The fraction of sp³-hybridized carbons (Fsp3) is 0.857. The van der Waals surface area contributed by atoms with E-state index in [1.165, 1.54) is 0 Å². The van der Waals surface area contributed by atoms with Gasteiger partial charge in [0.1, 0.15) is 0 Å². The summed E-state index contributed by atoms with van der Waals surface area (Å²) in [6.07, 6.45) is 0. The highest BCUT2D eigenvalue weighted by Gasteiger charge is 2.25. The molecule has 0 aromatic rings. The zero-order chi connectivity index (χ0) is 8.36. The molecular formula is C7H16N2O. The minimum Gasteiger partial charge on any atom is -0.359 e. The van der Waals surface area contributed by atoms with Crippen molar-refractivity contribution in [3.8, 4) is 0 Å². The number of amides is 1.